The summed E-state index contributed by atoms with van der Waals surface area (Å²) >= 11 is 0. The summed E-state index contributed by atoms with van der Waals surface area (Å²) in [4.78, 5) is 35.8. The van der Waals surface area contributed by atoms with E-state index in [0.717, 1.165) is 26.4 Å². The van der Waals surface area contributed by atoms with Crippen molar-refractivity contribution >= 4 is 45.1 Å². The lowest BCUT2D eigenvalue weighted by atomic mass is 10.1. The van der Waals surface area contributed by atoms with Gasteiger partial charge in [0.05, 0.1) is 35.9 Å². The van der Waals surface area contributed by atoms with Gasteiger partial charge in [-0.25, -0.2) is 22.8 Å². The Kier molecular flexibility index (Phi) is 7.49. The first-order chi connectivity index (χ1) is 16.2. The van der Waals surface area contributed by atoms with Crippen LogP contribution in [0.1, 0.15) is 20.7 Å². The molecule has 3 rings (SSSR count). The van der Waals surface area contributed by atoms with Crippen LogP contribution in [0.5, 0.6) is 0 Å². The molecule has 11 heteroatoms. The number of nitrogens with one attached hydrogen (secondary N) is 3. The molecule has 3 N–H and O–H groups in total. The average molecular weight is 484 g/mol. The fourth-order valence-electron chi connectivity index (χ4n) is 2.92. The third-order valence-corrected chi connectivity index (χ3v) is 5.82. The van der Waals surface area contributed by atoms with Gasteiger partial charge in [-0.2, -0.15) is 0 Å². The predicted molar refractivity (Wildman–Crippen MR) is 125 cm³/mol. The van der Waals surface area contributed by atoms with Crippen molar-refractivity contribution in [2.45, 2.75) is 4.90 Å². The van der Waals surface area contributed by atoms with Gasteiger partial charge in [-0.15, -0.1) is 0 Å². The zero-order chi connectivity index (χ0) is 24.7. The van der Waals surface area contributed by atoms with E-state index in [1.54, 1.807) is 36.4 Å². The fraction of sp³-hybridized carbons (Fsp3) is 0.0870. The molecule has 2 amide bonds. The van der Waals surface area contributed by atoms with Crippen molar-refractivity contribution < 1.29 is 32.3 Å². The lowest BCUT2D eigenvalue weighted by molar-refractivity contribution is 0.0598. The molecule has 176 valence electrons. The fourth-order valence-corrected chi connectivity index (χ4v) is 4.03. The van der Waals surface area contributed by atoms with Gasteiger partial charge in [0, 0.05) is 11.4 Å². The van der Waals surface area contributed by atoms with E-state index in [1.807, 2.05) is 6.07 Å². The molecule has 0 bridgehead atoms. The largest absolute Gasteiger partial charge is 0.465 e. The van der Waals surface area contributed by atoms with Crippen molar-refractivity contribution in [1.82, 2.24) is 0 Å². The number of benzene rings is 3. The highest BCUT2D eigenvalue weighted by atomic mass is 32.2. The van der Waals surface area contributed by atoms with Crippen LogP contribution in [0.2, 0.25) is 0 Å². The lowest BCUT2D eigenvalue weighted by Gasteiger charge is -2.12. The number of esters is 2. The minimum Gasteiger partial charge on any atom is -0.465 e. The molecular formula is C23H21N3O7S. The average Bonchev–Trinajstić information content (AvgIpc) is 2.83. The highest BCUT2D eigenvalue weighted by Gasteiger charge is 2.21. The van der Waals surface area contributed by atoms with Gasteiger partial charge in [-0.3, -0.25) is 4.72 Å². The summed E-state index contributed by atoms with van der Waals surface area (Å²) in [7, 11) is -1.97. The molecule has 34 heavy (non-hydrogen) atoms. The Balaban J connectivity index is 1.83. The summed E-state index contributed by atoms with van der Waals surface area (Å²) in [6.07, 6.45) is 0. The second-order valence-corrected chi connectivity index (χ2v) is 8.54. The van der Waals surface area contributed by atoms with Crippen molar-refractivity contribution in [3.8, 4) is 0 Å². The van der Waals surface area contributed by atoms with Crippen LogP contribution in [0.4, 0.5) is 21.9 Å². The van der Waals surface area contributed by atoms with E-state index < -0.39 is 28.0 Å². The van der Waals surface area contributed by atoms with Gasteiger partial charge < -0.3 is 20.1 Å². The Morgan fingerprint density at radius 3 is 1.79 bits per heavy atom. The number of hydrogen-bond acceptors (Lipinski definition) is 7. The smallest absolute Gasteiger partial charge is 0.337 e. The number of para-hydroxylation sites is 1. The second-order valence-electron chi connectivity index (χ2n) is 6.86. The second kappa shape index (κ2) is 10.5. The molecule has 0 aromatic heterocycles. The van der Waals surface area contributed by atoms with E-state index in [9.17, 15) is 22.8 Å². The van der Waals surface area contributed by atoms with Gasteiger partial charge in [0.2, 0.25) is 0 Å². The molecule has 10 nitrogen and oxygen atoms in total. The van der Waals surface area contributed by atoms with Gasteiger partial charge in [0.25, 0.3) is 10.0 Å². The summed E-state index contributed by atoms with van der Waals surface area (Å²) in [6, 6.07) is 17.6. The van der Waals surface area contributed by atoms with E-state index in [1.165, 1.54) is 18.2 Å². The SMILES string of the molecule is COC(=O)c1cc(C(=O)OC)cc(S(=O)(=O)Nc2cccc(NC(=O)Nc3ccccc3)c2)c1. The van der Waals surface area contributed by atoms with Crippen molar-refractivity contribution in [2.75, 3.05) is 29.6 Å². The normalized spacial score (nSPS) is 10.6. The summed E-state index contributed by atoms with van der Waals surface area (Å²) in [5.74, 6) is -1.64. The predicted octanol–water partition coefficient (Wildman–Crippen LogP) is 3.70. The molecule has 3 aromatic rings. The standard InChI is InChI=1S/C23H21N3O7S/c1-32-21(27)15-11-16(22(28)33-2)13-20(12-15)34(30,31)26-19-10-6-9-18(14-19)25-23(29)24-17-7-4-3-5-8-17/h3-14,26H,1-2H3,(H2,24,25,29). The highest BCUT2D eigenvalue weighted by molar-refractivity contribution is 7.92. The number of methoxy groups -OCH3 is 2. The summed E-state index contributed by atoms with van der Waals surface area (Å²) < 4.78 is 37.6. The third kappa shape index (κ3) is 6.11. The van der Waals surface area contributed by atoms with E-state index in [-0.39, 0.29) is 21.7 Å². The van der Waals surface area contributed by atoms with Crippen LogP contribution in [0, 0.1) is 0 Å². The van der Waals surface area contributed by atoms with E-state index in [2.05, 4.69) is 24.8 Å². The van der Waals surface area contributed by atoms with Crippen LogP contribution in [0.15, 0.2) is 77.7 Å². The Hall–Kier alpha value is -4.38. The van der Waals surface area contributed by atoms with Gasteiger partial charge in [-0.1, -0.05) is 24.3 Å². The van der Waals surface area contributed by atoms with Crippen molar-refractivity contribution in [3.63, 3.8) is 0 Å². The molecule has 0 aliphatic carbocycles. The van der Waals surface area contributed by atoms with Crippen molar-refractivity contribution in [1.29, 1.82) is 0 Å². The number of urea groups is 1. The number of carbonyl (C=O) groups excluding carboxylic acids is 3. The minimum atomic E-state index is -4.23. The van der Waals surface area contributed by atoms with Crippen LogP contribution in [-0.2, 0) is 19.5 Å². The molecule has 3 aromatic carbocycles. The van der Waals surface area contributed by atoms with E-state index >= 15 is 0 Å². The van der Waals surface area contributed by atoms with E-state index in [0.29, 0.717) is 11.4 Å². The topological polar surface area (TPSA) is 140 Å². The molecule has 0 unspecified atom stereocenters. The first-order valence-electron chi connectivity index (χ1n) is 9.79. The van der Waals surface area contributed by atoms with Crippen LogP contribution in [0.3, 0.4) is 0 Å². The van der Waals surface area contributed by atoms with Crippen LogP contribution in [0.25, 0.3) is 0 Å². The minimum absolute atomic E-state index is 0.139. The molecule has 0 aliphatic heterocycles. The molecule has 0 heterocycles. The van der Waals surface area contributed by atoms with Gasteiger partial charge >= 0.3 is 18.0 Å². The van der Waals surface area contributed by atoms with E-state index in [4.69, 9.17) is 0 Å². The van der Waals surface area contributed by atoms with Crippen LogP contribution < -0.4 is 15.4 Å². The quantitative estimate of drug-likeness (QED) is 0.435. The molecule has 0 aliphatic rings. The monoisotopic (exact) mass is 483 g/mol. The molecule has 0 fully saturated rings. The zero-order valence-electron chi connectivity index (χ0n) is 18.2. The number of hydrogen-bond donors (Lipinski definition) is 3. The summed E-state index contributed by atoms with van der Waals surface area (Å²) in [5.41, 5.74) is 0.772. The van der Waals surface area contributed by atoms with Crippen molar-refractivity contribution in [3.05, 3.63) is 83.9 Å². The highest BCUT2D eigenvalue weighted by Crippen LogP contribution is 2.22. The Labute approximate surface area is 195 Å². The van der Waals surface area contributed by atoms with Gasteiger partial charge in [0.15, 0.2) is 0 Å². The zero-order valence-corrected chi connectivity index (χ0v) is 19.0. The maximum atomic E-state index is 13.0. The number of carbonyl (C=O) groups is 3. The maximum absolute atomic E-state index is 13.0. The number of rotatable bonds is 7. The first-order valence-corrected chi connectivity index (χ1v) is 11.3. The molecule has 0 spiro atoms. The van der Waals surface area contributed by atoms with Gasteiger partial charge in [-0.05, 0) is 48.5 Å². The first kappa shape index (κ1) is 24.3. The maximum Gasteiger partial charge on any atom is 0.337 e. The number of sulfonamides is 1. The molecule has 0 saturated heterocycles. The third-order valence-electron chi connectivity index (χ3n) is 4.46. The van der Waals surface area contributed by atoms with Gasteiger partial charge in [0.1, 0.15) is 0 Å². The molecule has 0 radical (unpaired) electrons. The van der Waals surface area contributed by atoms with Crippen molar-refractivity contribution in [2.24, 2.45) is 0 Å². The number of ether oxygens (including phenoxy) is 2. The summed E-state index contributed by atoms with van der Waals surface area (Å²) in [6.45, 7) is 0. The molecule has 0 atom stereocenters. The summed E-state index contributed by atoms with van der Waals surface area (Å²) in [5, 5.41) is 5.26. The Morgan fingerprint density at radius 1 is 0.676 bits per heavy atom. The molecule has 0 saturated carbocycles. The number of anilines is 3. The Bertz CT molecular complexity index is 1290. The van der Waals surface area contributed by atoms with Crippen LogP contribution >= 0.6 is 0 Å². The number of amides is 2. The lowest BCUT2D eigenvalue weighted by Crippen LogP contribution is -2.19. The molecular weight excluding hydrogens is 462 g/mol. The Morgan fingerprint density at radius 2 is 1.21 bits per heavy atom. The van der Waals surface area contributed by atoms with Crippen LogP contribution in [-0.4, -0.2) is 40.6 Å².